The minimum absolute atomic E-state index is 0.310. The Hall–Kier alpha value is -3.10. The molecule has 0 spiro atoms. The summed E-state index contributed by atoms with van der Waals surface area (Å²) in [5.74, 6) is -0.938. The highest BCUT2D eigenvalue weighted by Gasteiger charge is 2.26. The van der Waals surface area contributed by atoms with Crippen LogP contribution in [0.25, 0.3) is 21.9 Å². The van der Waals surface area contributed by atoms with Crippen LogP contribution in [0.4, 0.5) is 0 Å². The van der Waals surface area contributed by atoms with E-state index in [0.717, 1.165) is 22.5 Å². The number of aromatic amines is 1. The van der Waals surface area contributed by atoms with E-state index in [9.17, 15) is 14.7 Å². The Labute approximate surface area is 180 Å². The van der Waals surface area contributed by atoms with Crippen molar-refractivity contribution in [2.75, 3.05) is 7.11 Å². The van der Waals surface area contributed by atoms with Gasteiger partial charge in [-0.1, -0.05) is 41.6 Å². The number of ether oxygens (including phenoxy) is 1. The number of fused-ring (bicyclic) bond motifs is 3. The highest BCUT2D eigenvalue weighted by Crippen LogP contribution is 2.33. The zero-order valence-electron chi connectivity index (χ0n) is 15.8. The average Bonchev–Trinajstić information content (AvgIpc) is 3.15. The average molecular weight is 442 g/mol. The molecule has 0 aliphatic rings. The van der Waals surface area contributed by atoms with E-state index in [1.165, 1.54) is 7.11 Å². The van der Waals surface area contributed by atoms with Crippen LogP contribution < -0.4 is 4.74 Å². The fourth-order valence-electron chi connectivity index (χ4n) is 3.15. The molecule has 0 aliphatic heterocycles. The Balaban J connectivity index is 1.72. The maximum atomic E-state index is 12.9. The number of rotatable bonds is 7. The fraction of sp³-hybridized carbons (Fsp3) is 0.143. The minimum atomic E-state index is -1.07. The number of thioether (sulfide) groups is 1. The van der Waals surface area contributed by atoms with E-state index < -0.39 is 11.2 Å². The zero-order chi connectivity index (χ0) is 21.3. The lowest BCUT2D eigenvalue weighted by atomic mass is 10.1. The summed E-state index contributed by atoms with van der Waals surface area (Å²) in [6.07, 6.45) is -0.347. The number of nitrogens with zero attached hydrogens (tertiary/aromatic N) is 2. The number of carboxylic acids is 1. The number of nitrogens with one attached hydrogen (secondary N) is 1. The Morgan fingerprint density at radius 2 is 1.83 bits per heavy atom. The van der Waals surface area contributed by atoms with E-state index in [2.05, 4.69) is 15.0 Å². The van der Waals surface area contributed by atoms with Crippen molar-refractivity contribution >= 4 is 57.1 Å². The summed E-state index contributed by atoms with van der Waals surface area (Å²) >= 11 is 6.95. The number of carbonyl (C=O) groups is 2. The van der Waals surface area contributed by atoms with Gasteiger partial charge in [0, 0.05) is 21.4 Å². The highest BCUT2D eigenvalue weighted by atomic mass is 35.5. The van der Waals surface area contributed by atoms with Crippen LogP contribution in [0.15, 0.2) is 53.7 Å². The number of hydrogen-bond donors (Lipinski definition) is 2. The van der Waals surface area contributed by atoms with Crippen LogP contribution in [-0.2, 0) is 4.79 Å². The van der Waals surface area contributed by atoms with Gasteiger partial charge in [0.25, 0.3) is 0 Å². The van der Waals surface area contributed by atoms with E-state index in [1.807, 2.05) is 24.3 Å². The lowest BCUT2D eigenvalue weighted by molar-refractivity contribution is -0.136. The smallest absolute Gasteiger partial charge is 0.304 e. The quantitative estimate of drug-likeness (QED) is 0.319. The number of ketones is 1. The third kappa shape index (κ3) is 3.96. The normalized spacial score (nSPS) is 12.2. The van der Waals surface area contributed by atoms with Crippen LogP contribution >= 0.6 is 23.4 Å². The van der Waals surface area contributed by atoms with Gasteiger partial charge in [0.2, 0.25) is 5.88 Å². The number of imidazole rings is 1. The summed E-state index contributed by atoms with van der Waals surface area (Å²) in [6, 6.07) is 14.0. The number of carboxylic acid groups (broad SMARTS) is 1. The van der Waals surface area contributed by atoms with Crippen LogP contribution in [-0.4, -0.2) is 44.2 Å². The number of aliphatic carboxylic acids is 1. The number of carbonyl (C=O) groups excluding carboxylic acids is 1. The van der Waals surface area contributed by atoms with Gasteiger partial charge in [0.1, 0.15) is 0 Å². The van der Waals surface area contributed by atoms with Gasteiger partial charge in [-0.3, -0.25) is 9.59 Å². The molecule has 2 aromatic heterocycles. The minimum Gasteiger partial charge on any atom is -0.481 e. The van der Waals surface area contributed by atoms with Gasteiger partial charge in [-0.15, -0.1) is 0 Å². The highest BCUT2D eigenvalue weighted by molar-refractivity contribution is 8.00. The van der Waals surface area contributed by atoms with Gasteiger partial charge in [-0.2, -0.15) is 4.98 Å². The summed E-state index contributed by atoms with van der Waals surface area (Å²) < 4.78 is 5.37. The number of halogens is 1. The first-order chi connectivity index (χ1) is 14.5. The van der Waals surface area contributed by atoms with Crippen molar-refractivity contribution in [3.05, 3.63) is 59.1 Å². The molecule has 7 nitrogen and oxygen atoms in total. The number of pyridine rings is 1. The van der Waals surface area contributed by atoms with Crippen molar-refractivity contribution in [1.29, 1.82) is 0 Å². The summed E-state index contributed by atoms with van der Waals surface area (Å²) in [5, 5.41) is 11.0. The molecule has 0 saturated heterocycles. The Morgan fingerprint density at radius 1 is 1.13 bits per heavy atom. The van der Waals surface area contributed by atoms with Gasteiger partial charge >= 0.3 is 5.97 Å². The van der Waals surface area contributed by atoms with E-state index in [-0.39, 0.29) is 12.2 Å². The molecule has 1 unspecified atom stereocenters. The van der Waals surface area contributed by atoms with Crippen molar-refractivity contribution in [3.8, 4) is 5.88 Å². The second-order valence-corrected chi connectivity index (χ2v) is 8.11. The molecule has 0 radical (unpaired) electrons. The molecule has 30 heavy (non-hydrogen) atoms. The summed E-state index contributed by atoms with van der Waals surface area (Å²) in [6.45, 7) is 0. The predicted molar refractivity (Wildman–Crippen MR) is 116 cm³/mol. The number of Topliss-reactive ketones (excluding diaryl/α,β-unsaturated/α-hetero) is 1. The lowest BCUT2D eigenvalue weighted by Crippen LogP contribution is -2.21. The van der Waals surface area contributed by atoms with Crippen molar-refractivity contribution < 1.29 is 19.4 Å². The van der Waals surface area contributed by atoms with Gasteiger partial charge in [-0.05, 0) is 30.3 Å². The molecule has 152 valence electrons. The number of methoxy groups -OCH3 is 1. The van der Waals surface area contributed by atoms with E-state index in [1.54, 1.807) is 24.3 Å². The predicted octanol–water partition coefficient (Wildman–Crippen LogP) is 4.59. The molecule has 2 N–H and O–H groups in total. The first-order valence-electron chi connectivity index (χ1n) is 8.97. The molecule has 0 saturated carbocycles. The lowest BCUT2D eigenvalue weighted by Gasteiger charge is -2.12. The standard InChI is InChI=1S/C21H16ClN3O4S/c1-29-20-14-5-3-2-4-13(14)17-19(24-20)25-21(23-17)30-15(10-16(26)27)18(28)11-6-8-12(22)9-7-11/h2-9,15H,10H2,1H3,(H,26,27)(H,23,24,25). The number of aromatic nitrogens is 3. The maximum Gasteiger partial charge on any atom is 0.304 e. The van der Waals surface area contributed by atoms with Crippen molar-refractivity contribution in [2.45, 2.75) is 16.8 Å². The van der Waals surface area contributed by atoms with E-state index >= 15 is 0 Å². The SMILES string of the molecule is COc1nc2nc(SC(CC(=O)O)C(=O)c3ccc(Cl)cc3)[nH]c2c2ccccc12. The van der Waals surface area contributed by atoms with Gasteiger partial charge < -0.3 is 14.8 Å². The molecule has 0 fully saturated rings. The zero-order valence-corrected chi connectivity index (χ0v) is 17.3. The van der Waals surface area contributed by atoms with Crippen molar-refractivity contribution in [2.24, 2.45) is 0 Å². The number of hydrogen-bond acceptors (Lipinski definition) is 6. The molecule has 0 aliphatic carbocycles. The molecule has 4 aromatic rings. The van der Waals surface area contributed by atoms with Gasteiger partial charge in [-0.25, -0.2) is 4.98 Å². The molecule has 2 heterocycles. The Bertz CT molecular complexity index is 1260. The Morgan fingerprint density at radius 3 is 2.50 bits per heavy atom. The monoisotopic (exact) mass is 441 g/mol. The molecule has 0 bridgehead atoms. The van der Waals surface area contributed by atoms with Crippen LogP contribution in [0.1, 0.15) is 16.8 Å². The van der Waals surface area contributed by atoms with Crippen LogP contribution in [0, 0.1) is 0 Å². The van der Waals surface area contributed by atoms with Crippen LogP contribution in [0.5, 0.6) is 5.88 Å². The summed E-state index contributed by atoms with van der Waals surface area (Å²) in [7, 11) is 1.54. The van der Waals surface area contributed by atoms with E-state index in [4.69, 9.17) is 16.3 Å². The molecular weight excluding hydrogens is 426 g/mol. The summed E-state index contributed by atoms with van der Waals surface area (Å²) in [4.78, 5) is 36.4. The van der Waals surface area contributed by atoms with Gasteiger partial charge in [0.15, 0.2) is 16.6 Å². The summed E-state index contributed by atoms with van der Waals surface area (Å²) in [5.41, 5.74) is 1.52. The first kappa shape index (κ1) is 20.2. The molecule has 1 atom stereocenters. The second kappa shape index (κ2) is 8.33. The van der Waals surface area contributed by atoms with Crippen molar-refractivity contribution in [3.63, 3.8) is 0 Å². The third-order valence-corrected chi connectivity index (χ3v) is 5.86. The largest absolute Gasteiger partial charge is 0.481 e. The van der Waals surface area contributed by atoms with E-state index in [0.29, 0.717) is 32.8 Å². The van der Waals surface area contributed by atoms with Crippen LogP contribution in [0.2, 0.25) is 5.02 Å². The van der Waals surface area contributed by atoms with Gasteiger partial charge in [0.05, 0.1) is 24.3 Å². The third-order valence-electron chi connectivity index (χ3n) is 4.53. The number of benzene rings is 2. The second-order valence-electron chi connectivity index (χ2n) is 6.48. The van der Waals surface area contributed by atoms with Crippen LogP contribution in [0.3, 0.4) is 0 Å². The maximum absolute atomic E-state index is 12.9. The molecule has 9 heteroatoms. The molecule has 4 rings (SSSR count). The topological polar surface area (TPSA) is 105 Å². The molecule has 0 amide bonds. The molecular formula is C21H16ClN3O4S. The Kier molecular flexibility index (Phi) is 5.61. The first-order valence-corrected chi connectivity index (χ1v) is 10.2. The number of H-pyrrole nitrogens is 1. The molecule has 2 aromatic carbocycles. The fourth-order valence-corrected chi connectivity index (χ4v) is 4.31. The van der Waals surface area contributed by atoms with Crippen molar-refractivity contribution in [1.82, 2.24) is 15.0 Å².